The Morgan fingerprint density at radius 2 is 2.23 bits per heavy atom. The molecule has 0 aliphatic rings. The monoisotopic (exact) mass is 321 g/mol. The van der Waals surface area contributed by atoms with Crippen molar-refractivity contribution < 1.29 is 19.2 Å². The molecule has 0 atom stereocenters. The second-order valence-corrected chi connectivity index (χ2v) is 5.08. The summed E-state index contributed by atoms with van der Waals surface area (Å²) in [5.41, 5.74) is 0.249. The number of thiazole rings is 1. The van der Waals surface area contributed by atoms with Gasteiger partial charge in [-0.2, -0.15) is 0 Å². The molecule has 2 aromatic rings. The molecule has 9 heteroatoms. The third-order valence-electron chi connectivity index (χ3n) is 2.51. The fourth-order valence-corrected chi connectivity index (χ4v) is 2.11. The standard InChI is InChI=1S/C13H11N3O5S/c1-2-11(17)21-9-5-3-4-8(6-9)12(18)15-13-14-7-10(22-13)16(19)20/h3-7H,2H2,1H3,(H,14,15,18). The van der Waals surface area contributed by atoms with E-state index in [-0.39, 0.29) is 27.9 Å². The summed E-state index contributed by atoms with van der Waals surface area (Å²) in [7, 11) is 0. The maximum atomic E-state index is 12.0. The number of hydrogen-bond donors (Lipinski definition) is 1. The second-order valence-electron chi connectivity index (χ2n) is 4.07. The van der Waals surface area contributed by atoms with E-state index in [0.717, 1.165) is 17.5 Å². The van der Waals surface area contributed by atoms with Gasteiger partial charge in [0.2, 0.25) is 0 Å². The van der Waals surface area contributed by atoms with Gasteiger partial charge >= 0.3 is 11.0 Å². The number of nitrogens with zero attached hydrogens (tertiary/aromatic N) is 2. The minimum absolute atomic E-state index is 0.118. The summed E-state index contributed by atoms with van der Waals surface area (Å²) in [6, 6.07) is 6.06. The Hall–Kier alpha value is -2.81. The van der Waals surface area contributed by atoms with Crippen molar-refractivity contribution in [2.24, 2.45) is 0 Å². The zero-order valence-corrected chi connectivity index (χ0v) is 12.3. The summed E-state index contributed by atoms with van der Waals surface area (Å²) in [6.07, 6.45) is 1.29. The van der Waals surface area contributed by atoms with Crippen molar-refractivity contribution in [3.05, 3.63) is 46.1 Å². The molecule has 1 aromatic heterocycles. The maximum absolute atomic E-state index is 12.0. The molecule has 114 valence electrons. The van der Waals surface area contributed by atoms with Crippen LogP contribution in [0.4, 0.5) is 10.1 Å². The molecular formula is C13H11N3O5S. The van der Waals surface area contributed by atoms with E-state index < -0.39 is 16.8 Å². The average Bonchev–Trinajstić information content (AvgIpc) is 2.96. The number of carbonyl (C=O) groups is 2. The summed E-state index contributed by atoms with van der Waals surface area (Å²) < 4.78 is 5.02. The second kappa shape index (κ2) is 6.76. The van der Waals surface area contributed by atoms with Crippen LogP contribution in [-0.2, 0) is 4.79 Å². The van der Waals surface area contributed by atoms with Crippen LogP contribution in [0.2, 0.25) is 0 Å². The molecule has 1 heterocycles. The Balaban J connectivity index is 2.10. The van der Waals surface area contributed by atoms with Gasteiger partial charge < -0.3 is 4.74 Å². The molecule has 0 aliphatic heterocycles. The van der Waals surface area contributed by atoms with Crippen LogP contribution in [0.25, 0.3) is 0 Å². The van der Waals surface area contributed by atoms with E-state index in [1.807, 2.05) is 0 Å². The van der Waals surface area contributed by atoms with Gasteiger partial charge in [-0.15, -0.1) is 0 Å². The van der Waals surface area contributed by atoms with Gasteiger partial charge in [-0.1, -0.05) is 13.0 Å². The molecule has 1 aromatic carbocycles. The molecule has 0 aliphatic carbocycles. The molecule has 1 amide bonds. The van der Waals surface area contributed by atoms with E-state index in [2.05, 4.69) is 10.3 Å². The lowest BCUT2D eigenvalue weighted by atomic mass is 10.2. The van der Waals surface area contributed by atoms with Crippen LogP contribution in [0.1, 0.15) is 23.7 Å². The predicted octanol–water partition coefficient (Wildman–Crippen LogP) is 2.62. The number of esters is 1. The van der Waals surface area contributed by atoms with Crippen molar-refractivity contribution in [2.75, 3.05) is 5.32 Å². The number of rotatable bonds is 5. The highest BCUT2D eigenvalue weighted by Crippen LogP contribution is 2.25. The average molecular weight is 321 g/mol. The molecule has 0 saturated heterocycles. The molecule has 0 radical (unpaired) electrons. The Bertz CT molecular complexity index is 728. The van der Waals surface area contributed by atoms with Gasteiger partial charge in [0.25, 0.3) is 5.91 Å². The van der Waals surface area contributed by atoms with Crippen molar-refractivity contribution in [1.29, 1.82) is 0 Å². The first-order chi connectivity index (χ1) is 10.5. The SMILES string of the molecule is CCC(=O)Oc1cccc(C(=O)Nc2ncc([N+](=O)[O-])s2)c1. The molecule has 0 fully saturated rings. The van der Waals surface area contributed by atoms with Crippen molar-refractivity contribution >= 4 is 33.3 Å². The summed E-state index contributed by atoms with van der Waals surface area (Å²) in [6.45, 7) is 1.66. The van der Waals surface area contributed by atoms with E-state index in [9.17, 15) is 19.7 Å². The number of anilines is 1. The van der Waals surface area contributed by atoms with E-state index in [1.54, 1.807) is 19.1 Å². The van der Waals surface area contributed by atoms with Crippen LogP contribution in [0, 0.1) is 10.1 Å². The highest BCUT2D eigenvalue weighted by molar-refractivity contribution is 7.18. The van der Waals surface area contributed by atoms with Gasteiger partial charge in [0.05, 0.1) is 4.92 Å². The van der Waals surface area contributed by atoms with Gasteiger partial charge in [0.15, 0.2) is 5.13 Å². The molecular weight excluding hydrogens is 310 g/mol. The molecule has 0 unspecified atom stereocenters. The van der Waals surface area contributed by atoms with E-state index >= 15 is 0 Å². The number of nitro groups is 1. The fourth-order valence-electron chi connectivity index (χ4n) is 1.48. The number of benzene rings is 1. The number of ether oxygens (including phenoxy) is 1. The maximum Gasteiger partial charge on any atom is 0.345 e. The summed E-state index contributed by atoms with van der Waals surface area (Å²) >= 11 is 0.755. The van der Waals surface area contributed by atoms with Crippen molar-refractivity contribution in [3.63, 3.8) is 0 Å². The van der Waals surface area contributed by atoms with E-state index in [4.69, 9.17) is 4.74 Å². The summed E-state index contributed by atoms with van der Waals surface area (Å²) in [4.78, 5) is 37.0. The molecule has 8 nitrogen and oxygen atoms in total. The molecule has 0 bridgehead atoms. The molecule has 2 rings (SSSR count). The number of amides is 1. The minimum Gasteiger partial charge on any atom is -0.427 e. The third kappa shape index (κ3) is 3.85. The first kappa shape index (κ1) is 15.6. The van der Waals surface area contributed by atoms with Crippen molar-refractivity contribution in [3.8, 4) is 5.75 Å². The first-order valence-electron chi connectivity index (χ1n) is 6.22. The lowest BCUT2D eigenvalue weighted by molar-refractivity contribution is -0.380. The summed E-state index contributed by atoms with van der Waals surface area (Å²) in [5.74, 6) is -0.656. The van der Waals surface area contributed by atoms with Crippen LogP contribution in [0.3, 0.4) is 0 Å². The lowest BCUT2D eigenvalue weighted by Gasteiger charge is -2.05. The van der Waals surface area contributed by atoms with Gasteiger partial charge in [0.1, 0.15) is 11.9 Å². The number of nitrogens with one attached hydrogen (secondary N) is 1. The lowest BCUT2D eigenvalue weighted by Crippen LogP contribution is -2.12. The third-order valence-corrected chi connectivity index (χ3v) is 3.37. The van der Waals surface area contributed by atoms with Crippen LogP contribution in [0.5, 0.6) is 5.75 Å². The Morgan fingerprint density at radius 1 is 1.45 bits per heavy atom. The van der Waals surface area contributed by atoms with E-state index in [0.29, 0.717) is 0 Å². The van der Waals surface area contributed by atoms with Crippen LogP contribution in [0.15, 0.2) is 30.5 Å². The van der Waals surface area contributed by atoms with Crippen LogP contribution in [-0.4, -0.2) is 21.8 Å². The topological polar surface area (TPSA) is 111 Å². The Morgan fingerprint density at radius 3 is 2.86 bits per heavy atom. The minimum atomic E-state index is -0.585. The molecule has 1 N–H and O–H groups in total. The largest absolute Gasteiger partial charge is 0.427 e. The van der Waals surface area contributed by atoms with Gasteiger partial charge in [0, 0.05) is 12.0 Å². The first-order valence-corrected chi connectivity index (χ1v) is 7.03. The van der Waals surface area contributed by atoms with Gasteiger partial charge in [-0.05, 0) is 29.5 Å². The number of hydrogen-bond acceptors (Lipinski definition) is 7. The predicted molar refractivity (Wildman–Crippen MR) is 79.1 cm³/mol. The Labute approximate surface area is 128 Å². The number of aromatic nitrogens is 1. The van der Waals surface area contributed by atoms with Crippen LogP contribution < -0.4 is 10.1 Å². The quantitative estimate of drug-likeness (QED) is 0.392. The molecule has 22 heavy (non-hydrogen) atoms. The van der Waals surface area contributed by atoms with Crippen molar-refractivity contribution in [1.82, 2.24) is 4.98 Å². The molecule has 0 saturated carbocycles. The highest BCUT2D eigenvalue weighted by atomic mass is 32.1. The zero-order valence-electron chi connectivity index (χ0n) is 11.4. The number of carbonyl (C=O) groups excluding carboxylic acids is 2. The van der Waals surface area contributed by atoms with Crippen LogP contribution >= 0.6 is 11.3 Å². The smallest absolute Gasteiger partial charge is 0.345 e. The highest BCUT2D eigenvalue weighted by Gasteiger charge is 2.15. The van der Waals surface area contributed by atoms with Gasteiger partial charge in [-0.3, -0.25) is 25.0 Å². The zero-order chi connectivity index (χ0) is 16.1. The van der Waals surface area contributed by atoms with E-state index in [1.165, 1.54) is 12.1 Å². The normalized spacial score (nSPS) is 10.0. The van der Waals surface area contributed by atoms with Crippen molar-refractivity contribution in [2.45, 2.75) is 13.3 Å². The Kier molecular flexibility index (Phi) is 4.79. The van der Waals surface area contributed by atoms with Gasteiger partial charge in [-0.25, -0.2) is 4.98 Å². The fraction of sp³-hybridized carbons (Fsp3) is 0.154. The molecule has 0 spiro atoms. The summed E-state index contributed by atoms with van der Waals surface area (Å²) in [5, 5.41) is 13.0.